The van der Waals surface area contributed by atoms with Gasteiger partial charge in [0.1, 0.15) is 5.82 Å². The number of anilines is 4. The van der Waals surface area contributed by atoms with Gasteiger partial charge in [0.2, 0.25) is 17.8 Å². The number of aromatic nitrogens is 2. The van der Waals surface area contributed by atoms with Gasteiger partial charge >= 0.3 is 0 Å². The van der Waals surface area contributed by atoms with Crippen LogP contribution in [0.5, 0.6) is 0 Å². The van der Waals surface area contributed by atoms with Gasteiger partial charge < -0.3 is 21.3 Å². The van der Waals surface area contributed by atoms with E-state index in [1.807, 2.05) is 30.5 Å². The van der Waals surface area contributed by atoms with E-state index in [4.69, 9.17) is 4.98 Å². The lowest BCUT2D eigenvalue weighted by Crippen LogP contribution is -2.35. The lowest BCUT2D eigenvalue weighted by Gasteiger charge is -2.24. The van der Waals surface area contributed by atoms with Crippen LogP contribution in [-0.4, -0.2) is 34.9 Å². The van der Waals surface area contributed by atoms with Gasteiger partial charge in [0.25, 0.3) is 0 Å². The minimum atomic E-state index is -0.113. The Labute approximate surface area is 182 Å². The van der Waals surface area contributed by atoms with Gasteiger partial charge in [0, 0.05) is 49.1 Å². The summed E-state index contributed by atoms with van der Waals surface area (Å²) in [6, 6.07) is 7.45. The van der Waals surface area contributed by atoms with Crippen molar-refractivity contribution in [3.63, 3.8) is 0 Å². The normalized spacial score (nSPS) is 15.6. The Bertz CT molecular complexity index is 939. The Morgan fingerprint density at radius 3 is 2.61 bits per heavy atom. The summed E-state index contributed by atoms with van der Waals surface area (Å²) in [5, 5.41) is 12.4. The summed E-state index contributed by atoms with van der Waals surface area (Å²) in [6.07, 6.45) is 8.30. The van der Waals surface area contributed by atoms with E-state index in [1.165, 1.54) is 26.2 Å². The fourth-order valence-corrected chi connectivity index (χ4v) is 3.61. The molecule has 8 nitrogen and oxygen atoms in total. The van der Waals surface area contributed by atoms with E-state index >= 15 is 0 Å². The molecule has 0 saturated heterocycles. The number of nitrogens with one attached hydrogen (secondary N) is 4. The molecule has 2 aliphatic rings. The molecule has 2 saturated carbocycles. The van der Waals surface area contributed by atoms with Crippen LogP contribution in [0, 0.1) is 5.92 Å². The predicted octanol–water partition coefficient (Wildman–Crippen LogP) is 3.77. The molecule has 4 N–H and O–H groups in total. The van der Waals surface area contributed by atoms with Crippen molar-refractivity contribution in [2.45, 2.75) is 51.4 Å². The Morgan fingerprint density at radius 1 is 1.10 bits per heavy atom. The molecule has 1 aromatic carbocycles. The summed E-state index contributed by atoms with van der Waals surface area (Å²) in [6.45, 7) is 2.89. The van der Waals surface area contributed by atoms with Crippen LogP contribution in [0.25, 0.3) is 0 Å². The van der Waals surface area contributed by atoms with E-state index in [9.17, 15) is 9.59 Å². The molecule has 0 aliphatic heterocycles. The summed E-state index contributed by atoms with van der Waals surface area (Å²) in [5.41, 5.74) is 2.67. The standard InChI is InChI=1S/C23H30N6O2/c1-15(30)27-18-7-3-8-19(13-18)28-23-26-14-20(16-9-10-16)21(29-23)24-11-4-12-25-22(31)17-5-2-6-17/h3,7-8,13-14,16-17H,2,4-6,9-12H2,1H3,(H,25,31)(H,27,30)(H2,24,26,28,29). The molecule has 0 radical (unpaired) electrons. The Morgan fingerprint density at radius 2 is 1.90 bits per heavy atom. The van der Waals surface area contributed by atoms with Crippen molar-refractivity contribution in [1.82, 2.24) is 15.3 Å². The second-order valence-corrected chi connectivity index (χ2v) is 8.36. The van der Waals surface area contributed by atoms with E-state index in [0.717, 1.165) is 48.6 Å². The van der Waals surface area contributed by atoms with Crippen LogP contribution in [0.1, 0.15) is 56.9 Å². The van der Waals surface area contributed by atoms with Crippen LogP contribution < -0.4 is 21.3 Å². The molecule has 2 aromatic rings. The molecule has 1 aromatic heterocycles. The largest absolute Gasteiger partial charge is 0.370 e. The third kappa shape index (κ3) is 5.93. The van der Waals surface area contributed by atoms with E-state index in [-0.39, 0.29) is 17.7 Å². The maximum Gasteiger partial charge on any atom is 0.229 e. The van der Waals surface area contributed by atoms with E-state index in [0.29, 0.717) is 18.4 Å². The molecule has 2 amide bonds. The number of hydrogen-bond donors (Lipinski definition) is 4. The van der Waals surface area contributed by atoms with E-state index in [2.05, 4.69) is 26.3 Å². The predicted molar refractivity (Wildman–Crippen MR) is 121 cm³/mol. The SMILES string of the molecule is CC(=O)Nc1cccc(Nc2ncc(C3CC3)c(NCCCNC(=O)C3CCC3)n2)c1. The summed E-state index contributed by atoms with van der Waals surface area (Å²) < 4.78 is 0. The van der Waals surface area contributed by atoms with Gasteiger partial charge in [-0.25, -0.2) is 4.98 Å². The molecule has 1 heterocycles. The van der Waals surface area contributed by atoms with Gasteiger partial charge in [-0.05, 0) is 56.2 Å². The van der Waals surface area contributed by atoms with Crippen molar-refractivity contribution in [2.24, 2.45) is 5.92 Å². The number of hydrogen-bond acceptors (Lipinski definition) is 6. The van der Waals surface area contributed by atoms with Crippen molar-refractivity contribution in [3.8, 4) is 0 Å². The first-order valence-corrected chi connectivity index (χ1v) is 11.1. The molecule has 4 rings (SSSR count). The Balaban J connectivity index is 1.34. The monoisotopic (exact) mass is 422 g/mol. The second kappa shape index (κ2) is 9.76. The molecule has 0 spiro atoms. The molecule has 0 unspecified atom stereocenters. The molecule has 0 atom stereocenters. The van der Waals surface area contributed by atoms with Crippen LogP contribution in [0.2, 0.25) is 0 Å². The van der Waals surface area contributed by atoms with E-state index in [1.54, 1.807) is 0 Å². The maximum absolute atomic E-state index is 11.9. The van der Waals surface area contributed by atoms with Gasteiger partial charge in [-0.3, -0.25) is 9.59 Å². The molecule has 2 aliphatic carbocycles. The summed E-state index contributed by atoms with van der Waals surface area (Å²) in [4.78, 5) is 32.4. The fourth-order valence-electron chi connectivity index (χ4n) is 3.61. The first-order chi connectivity index (χ1) is 15.1. The summed E-state index contributed by atoms with van der Waals surface area (Å²) in [5.74, 6) is 2.19. The Kier molecular flexibility index (Phi) is 6.64. The first-order valence-electron chi connectivity index (χ1n) is 11.1. The van der Waals surface area contributed by atoms with Crippen LogP contribution >= 0.6 is 0 Å². The zero-order chi connectivity index (χ0) is 21.6. The zero-order valence-corrected chi connectivity index (χ0v) is 17.9. The molecular formula is C23H30N6O2. The lowest BCUT2D eigenvalue weighted by atomic mass is 9.85. The molecule has 31 heavy (non-hydrogen) atoms. The van der Waals surface area contributed by atoms with E-state index < -0.39 is 0 Å². The van der Waals surface area contributed by atoms with Gasteiger partial charge in [0.05, 0.1) is 0 Å². The second-order valence-electron chi connectivity index (χ2n) is 8.36. The zero-order valence-electron chi connectivity index (χ0n) is 17.9. The molecule has 2 fully saturated rings. The fraction of sp³-hybridized carbons (Fsp3) is 0.478. The third-order valence-corrected chi connectivity index (χ3v) is 5.69. The number of rotatable bonds is 10. The lowest BCUT2D eigenvalue weighted by molar-refractivity contribution is -0.127. The third-order valence-electron chi connectivity index (χ3n) is 5.69. The molecular weight excluding hydrogens is 392 g/mol. The average molecular weight is 423 g/mol. The number of carbonyl (C=O) groups is 2. The van der Waals surface area contributed by atoms with Gasteiger partial charge in [-0.2, -0.15) is 4.98 Å². The van der Waals surface area contributed by atoms with Crippen molar-refractivity contribution < 1.29 is 9.59 Å². The minimum absolute atomic E-state index is 0.113. The first kappa shape index (κ1) is 21.1. The summed E-state index contributed by atoms with van der Waals surface area (Å²) in [7, 11) is 0. The number of benzene rings is 1. The molecule has 164 valence electrons. The van der Waals surface area contributed by atoms with Gasteiger partial charge in [-0.15, -0.1) is 0 Å². The maximum atomic E-state index is 11.9. The van der Waals surface area contributed by atoms with Crippen LogP contribution in [0.15, 0.2) is 30.5 Å². The van der Waals surface area contributed by atoms with Gasteiger partial charge in [0.15, 0.2) is 0 Å². The Hall–Kier alpha value is -3.16. The summed E-state index contributed by atoms with van der Waals surface area (Å²) >= 11 is 0. The number of amides is 2. The van der Waals surface area contributed by atoms with Crippen molar-refractivity contribution in [3.05, 3.63) is 36.0 Å². The van der Waals surface area contributed by atoms with Crippen LogP contribution in [0.3, 0.4) is 0 Å². The van der Waals surface area contributed by atoms with Crippen molar-refractivity contribution in [2.75, 3.05) is 29.0 Å². The highest BCUT2D eigenvalue weighted by atomic mass is 16.2. The average Bonchev–Trinajstić information content (AvgIpc) is 3.51. The quantitative estimate of drug-likeness (QED) is 0.434. The number of nitrogens with zero attached hydrogens (tertiary/aromatic N) is 2. The van der Waals surface area contributed by atoms with Crippen LogP contribution in [0.4, 0.5) is 23.1 Å². The highest BCUT2D eigenvalue weighted by Crippen LogP contribution is 2.42. The molecule has 8 heteroatoms. The smallest absolute Gasteiger partial charge is 0.229 e. The minimum Gasteiger partial charge on any atom is -0.370 e. The van der Waals surface area contributed by atoms with Crippen molar-refractivity contribution in [1.29, 1.82) is 0 Å². The molecule has 0 bridgehead atoms. The van der Waals surface area contributed by atoms with Crippen molar-refractivity contribution >= 4 is 35.0 Å². The number of carbonyl (C=O) groups excluding carboxylic acids is 2. The topological polar surface area (TPSA) is 108 Å². The highest BCUT2D eigenvalue weighted by molar-refractivity contribution is 5.89. The van der Waals surface area contributed by atoms with Gasteiger partial charge in [-0.1, -0.05) is 12.5 Å². The highest BCUT2D eigenvalue weighted by Gasteiger charge is 2.28. The van der Waals surface area contributed by atoms with Crippen LogP contribution in [-0.2, 0) is 9.59 Å².